The van der Waals surface area contributed by atoms with Crippen molar-refractivity contribution in [2.75, 3.05) is 6.61 Å². The Morgan fingerprint density at radius 1 is 0.727 bits per heavy atom. The van der Waals surface area contributed by atoms with Gasteiger partial charge in [0.2, 0.25) is 11.8 Å². The second kappa shape index (κ2) is 14.1. The molecule has 3 amide bonds. The number of benzene rings is 3. The Labute approximate surface area is 252 Å². The number of fused-ring (bicyclic) bond motifs is 3. The SMILES string of the molecule is C[C@H](NC(=O)[C@@H](CC(=O)O)NC(=O)OCC1c2ccccc2-c2ccccc21)C(=O)N[C@@H](Cc1ccccc1)C(=O)C(=O)O. The number of ketones is 1. The van der Waals surface area contributed by atoms with E-state index in [1.54, 1.807) is 30.3 Å². The first-order valence-corrected chi connectivity index (χ1v) is 13.8. The monoisotopic (exact) mass is 601 g/mol. The Morgan fingerprint density at radius 2 is 1.30 bits per heavy atom. The lowest BCUT2D eigenvalue weighted by molar-refractivity contribution is -0.150. The summed E-state index contributed by atoms with van der Waals surface area (Å²) in [6.07, 6.45) is -1.94. The van der Waals surface area contributed by atoms with E-state index in [2.05, 4.69) is 16.0 Å². The molecule has 0 radical (unpaired) electrons. The number of carbonyl (C=O) groups excluding carboxylic acids is 4. The molecule has 5 N–H and O–H groups in total. The molecule has 12 nitrogen and oxygen atoms in total. The average Bonchev–Trinajstić information content (AvgIpc) is 3.32. The maximum atomic E-state index is 12.9. The van der Waals surface area contributed by atoms with Gasteiger partial charge in [-0.1, -0.05) is 78.9 Å². The van der Waals surface area contributed by atoms with E-state index in [4.69, 9.17) is 4.74 Å². The van der Waals surface area contributed by atoms with Crippen molar-refractivity contribution in [2.45, 2.75) is 43.8 Å². The van der Waals surface area contributed by atoms with E-state index in [-0.39, 0.29) is 18.9 Å². The predicted octanol–water partition coefficient (Wildman–Crippen LogP) is 2.25. The Morgan fingerprint density at radius 3 is 1.86 bits per heavy atom. The summed E-state index contributed by atoms with van der Waals surface area (Å²) >= 11 is 0. The van der Waals surface area contributed by atoms with Crippen LogP contribution in [0.4, 0.5) is 4.79 Å². The summed E-state index contributed by atoms with van der Waals surface area (Å²) < 4.78 is 5.42. The van der Waals surface area contributed by atoms with E-state index < -0.39 is 60.2 Å². The van der Waals surface area contributed by atoms with Gasteiger partial charge in [0.1, 0.15) is 24.7 Å². The first kappa shape index (κ1) is 31.4. The lowest BCUT2D eigenvalue weighted by atomic mass is 9.98. The smallest absolute Gasteiger partial charge is 0.407 e. The highest BCUT2D eigenvalue weighted by atomic mass is 16.5. The van der Waals surface area contributed by atoms with Gasteiger partial charge in [-0.25, -0.2) is 9.59 Å². The summed E-state index contributed by atoms with van der Waals surface area (Å²) in [5, 5.41) is 25.4. The lowest BCUT2D eigenvalue weighted by Gasteiger charge is -2.22. The number of amides is 3. The molecule has 0 fully saturated rings. The Hall–Kier alpha value is -5.52. The third-order valence-electron chi connectivity index (χ3n) is 7.21. The molecule has 0 spiro atoms. The van der Waals surface area contributed by atoms with Crippen LogP contribution in [0, 0.1) is 0 Å². The molecule has 0 saturated heterocycles. The molecular formula is C32H31N3O9. The molecule has 4 rings (SSSR count). The number of hydrogen-bond acceptors (Lipinski definition) is 7. The maximum Gasteiger partial charge on any atom is 0.407 e. The highest BCUT2D eigenvalue weighted by Crippen LogP contribution is 2.44. The fourth-order valence-corrected chi connectivity index (χ4v) is 5.05. The zero-order chi connectivity index (χ0) is 31.8. The Kier molecular flexibility index (Phi) is 10.1. The molecule has 0 bridgehead atoms. The van der Waals surface area contributed by atoms with E-state index in [0.29, 0.717) is 5.56 Å². The van der Waals surface area contributed by atoms with Crippen LogP contribution in [-0.4, -0.2) is 70.6 Å². The molecule has 0 aromatic heterocycles. The van der Waals surface area contributed by atoms with Gasteiger partial charge in [-0.15, -0.1) is 0 Å². The van der Waals surface area contributed by atoms with Gasteiger partial charge in [0.25, 0.3) is 5.78 Å². The summed E-state index contributed by atoms with van der Waals surface area (Å²) in [5.74, 6) is -6.52. The molecule has 1 aliphatic carbocycles. The van der Waals surface area contributed by atoms with E-state index >= 15 is 0 Å². The van der Waals surface area contributed by atoms with Gasteiger partial charge in [0.05, 0.1) is 6.42 Å². The number of alkyl carbamates (subject to hydrolysis) is 1. The number of Topliss-reactive ketones (excluding diaryl/α,β-unsaturated/α-hetero) is 1. The van der Waals surface area contributed by atoms with Crippen molar-refractivity contribution in [3.8, 4) is 11.1 Å². The predicted molar refractivity (Wildman–Crippen MR) is 157 cm³/mol. The number of nitrogens with one attached hydrogen (secondary N) is 3. The minimum absolute atomic E-state index is 0.0690. The molecule has 1 aliphatic rings. The fraction of sp³-hybridized carbons (Fsp3) is 0.250. The first-order valence-electron chi connectivity index (χ1n) is 13.8. The molecule has 0 unspecified atom stereocenters. The number of ether oxygens (including phenoxy) is 1. The Bertz CT molecular complexity index is 1530. The van der Waals surface area contributed by atoms with Crippen molar-refractivity contribution in [2.24, 2.45) is 0 Å². The molecule has 12 heteroatoms. The molecule has 44 heavy (non-hydrogen) atoms. The van der Waals surface area contributed by atoms with Gasteiger partial charge in [0.15, 0.2) is 0 Å². The molecule has 0 heterocycles. The van der Waals surface area contributed by atoms with Gasteiger partial charge >= 0.3 is 18.0 Å². The van der Waals surface area contributed by atoms with Crippen molar-refractivity contribution >= 4 is 35.6 Å². The number of carboxylic acid groups (broad SMARTS) is 2. The van der Waals surface area contributed by atoms with Gasteiger partial charge in [-0.3, -0.25) is 19.2 Å². The lowest BCUT2D eigenvalue weighted by Crippen LogP contribution is -2.56. The second-order valence-electron chi connectivity index (χ2n) is 10.3. The van der Waals surface area contributed by atoms with Gasteiger partial charge in [-0.05, 0) is 34.7 Å². The van der Waals surface area contributed by atoms with E-state index in [9.17, 15) is 39.0 Å². The number of carboxylic acids is 2. The number of rotatable bonds is 13. The molecule has 3 aromatic rings. The third-order valence-corrected chi connectivity index (χ3v) is 7.21. The second-order valence-corrected chi connectivity index (χ2v) is 10.3. The van der Waals surface area contributed by atoms with Crippen LogP contribution in [0.2, 0.25) is 0 Å². The van der Waals surface area contributed by atoms with Crippen molar-refractivity contribution < 1.29 is 43.7 Å². The number of aliphatic carboxylic acids is 2. The maximum absolute atomic E-state index is 12.9. The Balaban J connectivity index is 1.37. The van der Waals surface area contributed by atoms with Crippen LogP contribution in [0.15, 0.2) is 78.9 Å². The van der Waals surface area contributed by atoms with Crippen molar-refractivity contribution in [1.82, 2.24) is 16.0 Å². The summed E-state index contributed by atoms with van der Waals surface area (Å²) in [6.45, 7) is 1.20. The van der Waals surface area contributed by atoms with Crippen LogP contribution in [0.3, 0.4) is 0 Å². The summed E-state index contributed by atoms with van der Waals surface area (Å²) in [6, 6.07) is 19.5. The largest absolute Gasteiger partial charge is 0.481 e. The molecular weight excluding hydrogens is 570 g/mol. The highest BCUT2D eigenvalue weighted by Gasteiger charge is 2.32. The van der Waals surface area contributed by atoms with Crippen molar-refractivity contribution in [3.05, 3.63) is 95.6 Å². The van der Waals surface area contributed by atoms with Crippen molar-refractivity contribution in [3.63, 3.8) is 0 Å². The topological polar surface area (TPSA) is 188 Å². The summed E-state index contributed by atoms with van der Waals surface area (Å²) in [7, 11) is 0. The van der Waals surface area contributed by atoms with Crippen LogP contribution in [0.25, 0.3) is 11.1 Å². The van der Waals surface area contributed by atoms with Crippen LogP contribution in [-0.2, 0) is 35.1 Å². The average molecular weight is 602 g/mol. The van der Waals surface area contributed by atoms with Gasteiger partial charge < -0.3 is 30.9 Å². The molecule has 228 valence electrons. The van der Waals surface area contributed by atoms with Crippen LogP contribution in [0.5, 0.6) is 0 Å². The fourth-order valence-electron chi connectivity index (χ4n) is 5.05. The minimum atomic E-state index is -1.74. The molecule has 0 saturated carbocycles. The normalized spacial score (nSPS) is 13.8. The van der Waals surface area contributed by atoms with Gasteiger partial charge in [-0.2, -0.15) is 0 Å². The zero-order valence-electron chi connectivity index (χ0n) is 23.7. The highest BCUT2D eigenvalue weighted by molar-refractivity contribution is 6.35. The van der Waals surface area contributed by atoms with Crippen molar-refractivity contribution in [1.29, 1.82) is 0 Å². The number of carbonyl (C=O) groups is 6. The first-order chi connectivity index (χ1) is 21.0. The molecule has 0 aliphatic heterocycles. The van der Waals surface area contributed by atoms with Crippen LogP contribution in [0.1, 0.15) is 36.0 Å². The van der Waals surface area contributed by atoms with Crippen LogP contribution < -0.4 is 16.0 Å². The zero-order valence-corrected chi connectivity index (χ0v) is 23.7. The molecule has 3 atom stereocenters. The summed E-state index contributed by atoms with van der Waals surface area (Å²) in [5.41, 5.74) is 4.56. The minimum Gasteiger partial charge on any atom is -0.481 e. The standard InChI is InChI=1S/C32H31N3O9/c1-18(29(39)34-25(28(38)31(41)42)15-19-9-3-2-4-10-19)33-30(40)26(16-27(36)37)35-32(43)44-17-24-22-13-7-5-11-20(22)21-12-6-8-14-23(21)24/h2-14,18,24-26H,15-17H2,1H3,(H,33,40)(H,34,39)(H,35,43)(H,36,37)(H,41,42)/t18-,25-,26+/m0/s1. The van der Waals surface area contributed by atoms with Gasteiger partial charge in [0, 0.05) is 12.3 Å². The van der Waals surface area contributed by atoms with Crippen LogP contribution >= 0.6 is 0 Å². The third kappa shape index (κ3) is 7.65. The quantitative estimate of drug-likeness (QED) is 0.183. The van der Waals surface area contributed by atoms with E-state index in [0.717, 1.165) is 22.3 Å². The van der Waals surface area contributed by atoms with E-state index in [1.165, 1.54) is 6.92 Å². The van der Waals surface area contributed by atoms with E-state index in [1.807, 2.05) is 48.5 Å². The summed E-state index contributed by atoms with van der Waals surface area (Å²) in [4.78, 5) is 73.5. The number of hydrogen-bond donors (Lipinski definition) is 5. The molecule has 3 aromatic carbocycles.